The van der Waals surface area contributed by atoms with E-state index in [1.54, 1.807) is 19.6 Å². The Morgan fingerprint density at radius 2 is 2.10 bits per heavy atom. The molecule has 7 nitrogen and oxygen atoms in total. The van der Waals surface area contributed by atoms with Crippen molar-refractivity contribution in [2.45, 2.75) is 38.8 Å². The van der Waals surface area contributed by atoms with Gasteiger partial charge in [-0.3, -0.25) is 11.3 Å². The lowest BCUT2D eigenvalue weighted by molar-refractivity contribution is 0.397. The molecule has 0 aliphatic heterocycles. The maximum absolute atomic E-state index is 5.67. The Bertz CT molecular complexity index is 551. The van der Waals surface area contributed by atoms with Gasteiger partial charge < -0.3 is 4.74 Å². The first-order valence-electron chi connectivity index (χ1n) is 6.97. The topological polar surface area (TPSA) is 90.9 Å². The van der Waals surface area contributed by atoms with Crippen LogP contribution >= 0.6 is 0 Å². The van der Waals surface area contributed by atoms with E-state index in [0.717, 1.165) is 17.8 Å². The van der Waals surface area contributed by atoms with Gasteiger partial charge in [-0.15, -0.1) is 0 Å². The Hall–Kier alpha value is -1.99. The standard InChI is InChI=1S/C14H22N6O/c1-10(2)20-13(17-9-18-20)7-12(19-15)6-11-4-5-14(21-3)16-8-11/h4-5,8-10,12,19H,6-7,15H2,1-3H3. The smallest absolute Gasteiger partial charge is 0.212 e. The number of nitrogens with two attached hydrogens (primary N) is 1. The summed E-state index contributed by atoms with van der Waals surface area (Å²) in [6.45, 7) is 4.16. The van der Waals surface area contributed by atoms with Crippen molar-refractivity contribution in [2.24, 2.45) is 5.84 Å². The van der Waals surface area contributed by atoms with Gasteiger partial charge in [-0.2, -0.15) is 5.10 Å². The summed E-state index contributed by atoms with van der Waals surface area (Å²) in [6, 6.07) is 4.19. The van der Waals surface area contributed by atoms with E-state index in [4.69, 9.17) is 10.6 Å². The van der Waals surface area contributed by atoms with E-state index in [-0.39, 0.29) is 12.1 Å². The third-order valence-corrected chi connectivity index (χ3v) is 3.29. The Kier molecular flexibility index (Phi) is 5.24. The van der Waals surface area contributed by atoms with Crippen LogP contribution in [0.3, 0.4) is 0 Å². The molecule has 0 bridgehead atoms. The maximum atomic E-state index is 5.67. The molecular formula is C14H22N6O. The van der Waals surface area contributed by atoms with E-state index < -0.39 is 0 Å². The van der Waals surface area contributed by atoms with Crippen LogP contribution in [0.4, 0.5) is 0 Å². The average Bonchev–Trinajstić information content (AvgIpc) is 2.95. The molecule has 0 radical (unpaired) electrons. The first-order valence-corrected chi connectivity index (χ1v) is 6.97. The summed E-state index contributed by atoms with van der Waals surface area (Å²) in [5, 5.41) is 4.24. The van der Waals surface area contributed by atoms with E-state index in [0.29, 0.717) is 12.3 Å². The van der Waals surface area contributed by atoms with Crippen LogP contribution in [0.25, 0.3) is 0 Å². The number of nitrogens with one attached hydrogen (secondary N) is 1. The highest BCUT2D eigenvalue weighted by molar-refractivity contribution is 5.18. The molecule has 0 spiro atoms. The monoisotopic (exact) mass is 290 g/mol. The molecule has 2 heterocycles. The van der Waals surface area contributed by atoms with Gasteiger partial charge in [-0.05, 0) is 25.8 Å². The van der Waals surface area contributed by atoms with Gasteiger partial charge in [0.1, 0.15) is 12.2 Å². The van der Waals surface area contributed by atoms with Gasteiger partial charge in [-0.25, -0.2) is 14.6 Å². The van der Waals surface area contributed by atoms with Gasteiger partial charge in [0.25, 0.3) is 0 Å². The van der Waals surface area contributed by atoms with Gasteiger partial charge in [-0.1, -0.05) is 6.07 Å². The van der Waals surface area contributed by atoms with Crippen molar-refractivity contribution < 1.29 is 4.74 Å². The number of ether oxygens (including phenoxy) is 1. The minimum Gasteiger partial charge on any atom is -0.481 e. The molecule has 2 rings (SSSR count). The lowest BCUT2D eigenvalue weighted by Crippen LogP contribution is -2.39. The summed E-state index contributed by atoms with van der Waals surface area (Å²) >= 11 is 0. The number of aromatic nitrogens is 4. The molecule has 0 saturated carbocycles. The quantitative estimate of drug-likeness (QED) is 0.581. The molecule has 0 aliphatic carbocycles. The van der Waals surface area contributed by atoms with Crippen LogP contribution < -0.4 is 16.0 Å². The van der Waals surface area contributed by atoms with Crippen LogP contribution in [0.5, 0.6) is 5.88 Å². The van der Waals surface area contributed by atoms with E-state index in [9.17, 15) is 0 Å². The lowest BCUT2D eigenvalue weighted by Gasteiger charge is -2.17. The summed E-state index contributed by atoms with van der Waals surface area (Å²) in [6.07, 6.45) is 4.85. The Balaban J connectivity index is 2.03. The van der Waals surface area contributed by atoms with Crippen LogP contribution in [0.1, 0.15) is 31.3 Å². The fourth-order valence-corrected chi connectivity index (χ4v) is 2.20. The van der Waals surface area contributed by atoms with Crippen molar-refractivity contribution in [2.75, 3.05) is 7.11 Å². The minimum atomic E-state index is 0.0712. The second-order valence-electron chi connectivity index (χ2n) is 5.20. The van der Waals surface area contributed by atoms with Gasteiger partial charge in [0.15, 0.2) is 0 Å². The molecule has 114 valence electrons. The summed E-state index contributed by atoms with van der Waals surface area (Å²) < 4.78 is 6.97. The molecule has 1 unspecified atom stereocenters. The maximum Gasteiger partial charge on any atom is 0.212 e. The van der Waals surface area contributed by atoms with Gasteiger partial charge in [0.2, 0.25) is 5.88 Å². The molecule has 0 saturated heterocycles. The summed E-state index contributed by atoms with van der Waals surface area (Å²) in [5.41, 5.74) is 3.94. The lowest BCUT2D eigenvalue weighted by atomic mass is 10.1. The second kappa shape index (κ2) is 7.14. The number of hydrogen-bond acceptors (Lipinski definition) is 6. The number of pyridine rings is 1. The highest BCUT2D eigenvalue weighted by Crippen LogP contribution is 2.12. The molecule has 2 aromatic heterocycles. The predicted molar refractivity (Wildman–Crippen MR) is 79.7 cm³/mol. The van der Waals surface area contributed by atoms with E-state index >= 15 is 0 Å². The molecule has 0 aliphatic rings. The molecule has 1 atom stereocenters. The van der Waals surface area contributed by atoms with Crippen molar-refractivity contribution in [3.8, 4) is 5.88 Å². The molecule has 7 heteroatoms. The Morgan fingerprint density at radius 1 is 1.29 bits per heavy atom. The highest BCUT2D eigenvalue weighted by atomic mass is 16.5. The Labute approximate surface area is 124 Å². The molecule has 3 N–H and O–H groups in total. The second-order valence-corrected chi connectivity index (χ2v) is 5.20. The van der Waals surface area contributed by atoms with Crippen LogP contribution in [0.2, 0.25) is 0 Å². The van der Waals surface area contributed by atoms with Crippen molar-refractivity contribution in [1.82, 2.24) is 25.2 Å². The zero-order valence-corrected chi connectivity index (χ0v) is 12.7. The van der Waals surface area contributed by atoms with Crippen molar-refractivity contribution >= 4 is 0 Å². The van der Waals surface area contributed by atoms with Crippen LogP contribution in [0.15, 0.2) is 24.7 Å². The van der Waals surface area contributed by atoms with Crippen molar-refractivity contribution in [1.29, 1.82) is 0 Å². The summed E-state index contributed by atoms with van der Waals surface area (Å²) in [7, 11) is 1.60. The van der Waals surface area contributed by atoms with E-state index in [1.165, 1.54) is 0 Å². The van der Waals surface area contributed by atoms with Crippen LogP contribution in [-0.4, -0.2) is 32.9 Å². The predicted octanol–water partition coefficient (Wildman–Crippen LogP) is 0.880. The van der Waals surface area contributed by atoms with Gasteiger partial charge in [0, 0.05) is 30.8 Å². The van der Waals surface area contributed by atoms with Crippen LogP contribution in [0, 0.1) is 0 Å². The molecule has 2 aromatic rings. The number of hydrogen-bond donors (Lipinski definition) is 2. The molecule has 21 heavy (non-hydrogen) atoms. The van der Waals surface area contributed by atoms with E-state index in [1.807, 2.05) is 16.8 Å². The number of nitrogens with zero attached hydrogens (tertiary/aromatic N) is 4. The van der Waals surface area contributed by atoms with Gasteiger partial charge in [0.05, 0.1) is 7.11 Å². The molecule has 0 fully saturated rings. The average molecular weight is 290 g/mol. The van der Waals surface area contributed by atoms with Crippen LogP contribution in [-0.2, 0) is 12.8 Å². The summed E-state index contributed by atoms with van der Waals surface area (Å²) in [5.74, 6) is 7.20. The fraction of sp³-hybridized carbons (Fsp3) is 0.500. The van der Waals surface area contributed by atoms with Crippen molar-refractivity contribution in [3.05, 3.63) is 36.0 Å². The molecular weight excluding hydrogens is 268 g/mol. The highest BCUT2D eigenvalue weighted by Gasteiger charge is 2.15. The first kappa shape index (κ1) is 15.4. The van der Waals surface area contributed by atoms with Crippen molar-refractivity contribution in [3.63, 3.8) is 0 Å². The zero-order chi connectivity index (χ0) is 15.2. The summed E-state index contributed by atoms with van der Waals surface area (Å²) in [4.78, 5) is 8.52. The number of methoxy groups -OCH3 is 1. The Morgan fingerprint density at radius 3 is 2.67 bits per heavy atom. The number of hydrazine groups is 1. The number of rotatable bonds is 7. The first-order chi connectivity index (χ1) is 10.1. The minimum absolute atomic E-state index is 0.0712. The van der Waals surface area contributed by atoms with E-state index in [2.05, 4.69) is 34.3 Å². The fourth-order valence-electron chi connectivity index (χ4n) is 2.20. The third-order valence-electron chi connectivity index (χ3n) is 3.29. The largest absolute Gasteiger partial charge is 0.481 e. The molecule has 0 aromatic carbocycles. The molecule has 0 amide bonds. The van der Waals surface area contributed by atoms with Gasteiger partial charge >= 0.3 is 0 Å². The third kappa shape index (κ3) is 3.99. The normalized spacial score (nSPS) is 12.6. The SMILES string of the molecule is COc1ccc(CC(Cc2ncnn2C(C)C)NN)cn1. The zero-order valence-electron chi connectivity index (χ0n) is 12.7.